The number of ether oxygens (including phenoxy) is 1. The van der Waals surface area contributed by atoms with E-state index in [4.69, 9.17) is 10.5 Å². The summed E-state index contributed by atoms with van der Waals surface area (Å²) >= 11 is 0. The van der Waals surface area contributed by atoms with E-state index in [-0.39, 0.29) is 18.0 Å². The molecule has 4 aliphatic rings. The lowest BCUT2D eigenvalue weighted by Crippen LogP contribution is -2.81. The molecular weight excluding hydrogens is 468 g/mol. The van der Waals surface area contributed by atoms with Crippen molar-refractivity contribution in [1.29, 1.82) is 0 Å². The van der Waals surface area contributed by atoms with Gasteiger partial charge < -0.3 is 30.9 Å². The number of rotatable bonds is 6. The van der Waals surface area contributed by atoms with Gasteiger partial charge in [0.2, 0.25) is 0 Å². The molecule has 1 saturated heterocycles. The Labute approximate surface area is 220 Å². The van der Waals surface area contributed by atoms with Crippen LogP contribution in [-0.2, 0) is 15.6 Å². The third-order valence-corrected chi connectivity index (χ3v) is 9.78. The van der Waals surface area contributed by atoms with Crippen LogP contribution in [0.3, 0.4) is 0 Å². The predicted octanol–water partition coefficient (Wildman–Crippen LogP) is 2.75. The summed E-state index contributed by atoms with van der Waals surface area (Å²) in [4.78, 5) is 18.4. The maximum Gasteiger partial charge on any atom is 0.256 e. The molecule has 3 heterocycles. The first-order chi connectivity index (χ1) is 17.4. The normalized spacial score (nSPS) is 36.2. The Kier molecular flexibility index (Phi) is 6.22. The van der Waals surface area contributed by atoms with Gasteiger partial charge in [0.25, 0.3) is 5.91 Å². The van der Waals surface area contributed by atoms with Crippen LogP contribution >= 0.6 is 0 Å². The molecule has 204 valence electrons. The number of amides is 1. The number of fused-ring (bicyclic) bond motifs is 1. The van der Waals surface area contributed by atoms with Crippen LogP contribution in [0, 0.1) is 5.41 Å². The number of aliphatic hydroxyl groups excluding tert-OH is 1. The molecule has 6 atom stereocenters. The number of nitrogens with zero attached hydrogens (tertiary/aromatic N) is 2. The first-order valence-electron chi connectivity index (χ1n) is 13.7. The quantitative estimate of drug-likeness (QED) is 0.400. The molecular formula is C29H43N4O4-. The Bertz CT molecular complexity index is 1120. The molecule has 1 aromatic rings. The average molecular weight is 512 g/mol. The maximum atomic E-state index is 13.9. The number of aliphatic hydroxyl groups is 2. The second-order valence-electron chi connectivity index (χ2n) is 12.5. The van der Waals surface area contributed by atoms with Crippen LogP contribution in [0.4, 0.5) is 5.69 Å². The van der Waals surface area contributed by atoms with Crippen LogP contribution in [0.1, 0.15) is 58.1 Å². The average Bonchev–Trinajstić information content (AvgIpc) is 3.38. The minimum atomic E-state index is -2.05. The van der Waals surface area contributed by atoms with Crippen molar-refractivity contribution in [1.82, 2.24) is 10.2 Å². The molecule has 37 heavy (non-hydrogen) atoms. The Morgan fingerprint density at radius 2 is 2.03 bits per heavy atom. The van der Waals surface area contributed by atoms with Crippen molar-refractivity contribution in [3.63, 3.8) is 0 Å². The summed E-state index contributed by atoms with van der Waals surface area (Å²) in [5.74, 6) is 0.237. The Hall–Kier alpha value is -2.13. The van der Waals surface area contributed by atoms with Crippen LogP contribution in [0.25, 0.3) is 5.73 Å². The molecule has 1 spiro atoms. The number of benzene rings is 1. The molecule has 1 amide bonds. The van der Waals surface area contributed by atoms with E-state index in [2.05, 4.69) is 62.2 Å². The minimum absolute atomic E-state index is 0.0544. The lowest BCUT2D eigenvalue weighted by molar-refractivity contribution is -0.203. The van der Waals surface area contributed by atoms with Gasteiger partial charge in [0, 0.05) is 48.8 Å². The predicted molar refractivity (Wildman–Crippen MR) is 145 cm³/mol. The topological polar surface area (TPSA) is 109 Å². The molecule has 0 radical (unpaired) electrons. The molecule has 1 saturated carbocycles. The standard InChI is InChI=1S/C29H43N4O4/c1-7-27-10-8-14-33-15-11-28(22(27)33)18-16-19(26(2,3)4)21(37-6)17-20(18)32(5)23(28)29(36,24(27)34)25(35)31-13-9-12-30/h8,10,16-17,22-24,30,34,36H,7,9,11-15H2,1-6H3,(H,31,35)/q-1/t22?,23?,24-,27-,28?,29+/m1/s1. The van der Waals surface area contributed by atoms with Crippen LogP contribution in [0.15, 0.2) is 24.3 Å². The first-order valence-corrected chi connectivity index (χ1v) is 13.7. The molecule has 2 fully saturated rings. The lowest BCUT2D eigenvalue weighted by atomic mass is 9.47. The highest BCUT2D eigenvalue weighted by Gasteiger charge is 2.78. The van der Waals surface area contributed by atoms with E-state index in [1.165, 1.54) is 0 Å². The molecule has 5 rings (SSSR count). The van der Waals surface area contributed by atoms with E-state index in [1.54, 1.807) is 7.11 Å². The van der Waals surface area contributed by atoms with Crippen molar-refractivity contribution in [3.8, 4) is 5.75 Å². The molecule has 3 unspecified atom stereocenters. The second kappa shape index (κ2) is 8.70. The number of hydrogen-bond acceptors (Lipinski definition) is 6. The molecule has 1 aliphatic carbocycles. The Morgan fingerprint density at radius 3 is 2.65 bits per heavy atom. The molecule has 0 bridgehead atoms. The number of carbonyl (C=O) groups is 1. The smallest absolute Gasteiger partial charge is 0.256 e. The third kappa shape index (κ3) is 3.25. The zero-order valence-corrected chi connectivity index (χ0v) is 23.1. The molecule has 4 N–H and O–H groups in total. The minimum Gasteiger partial charge on any atom is -0.677 e. The van der Waals surface area contributed by atoms with Crippen LogP contribution in [0.5, 0.6) is 5.75 Å². The Balaban J connectivity index is 1.80. The highest BCUT2D eigenvalue weighted by molar-refractivity contribution is 5.90. The largest absolute Gasteiger partial charge is 0.677 e. The van der Waals surface area contributed by atoms with Gasteiger partial charge in [-0.05, 0) is 42.0 Å². The summed E-state index contributed by atoms with van der Waals surface area (Å²) in [6, 6.07) is 3.61. The fourth-order valence-electron chi connectivity index (χ4n) is 8.30. The van der Waals surface area contributed by atoms with Crippen molar-refractivity contribution < 1.29 is 19.7 Å². The summed E-state index contributed by atoms with van der Waals surface area (Å²) in [6.45, 7) is 10.7. The van der Waals surface area contributed by atoms with Crippen molar-refractivity contribution in [2.45, 2.75) is 81.6 Å². The lowest BCUT2D eigenvalue weighted by Gasteiger charge is -2.63. The van der Waals surface area contributed by atoms with E-state index in [0.717, 1.165) is 42.1 Å². The number of anilines is 1. The van der Waals surface area contributed by atoms with E-state index in [1.807, 2.05) is 11.9 Å². The van der Waals surface area contributed by atoms with E-state index < -0.39 is 34.5 Å². The van der Waals surface area contributed by atoms with E-state index in [9.17, 15) is 15.0 Å². The van der Waals surface area contributed by atoms with Crippen molar-refractivity contribution in [3.05, 3.63) is 41.1 Å². The second-order valence-corrected chi connectivity index (χ2v) is 12.5. The van der Waals surface area contributed by atoms with Gasteiger partial charge in [0.15, 0.2) is 5.60 Å². The molecule has 3 aliphatic heterocycles. The maximum absolute atomic E-state index is 13.9. The summed E-state index contributed by atoms with van der Waals surface area (Å²) < 4.78 is 5.85. The van der Waals surface area contributed by atoms with Crippen molar-refractivity contribution >= 4 is 11.6 Å². The van der Waals surface area contributed by atoms with Gasteiger partial charge >= 0.3 is 0 Å². The van der Waals surface area contributed by atoms with Gasteiger partial charge in [0.1, 0.15) is 11.9 Å². The van der Waals surface area contributed by atoms with Gasteiger partial charge in [-0.25, -0.2) is 0 Å². The molecule has 8 heteroatoms. The highest BCUT2D eigenvalue weighted by Crippen LogP contribution is 2.67. The summed E-state index contributed by atoms with van der Waals surface area (Å²) in [7, 11) is 3.62. The summed E-state index contributed by atoms with van der Waals surface area (Å²) in [6.07, 6.45) is 4.76. The van der Waals surface area contributed by atoms with Crippen molar-refractivity contribution in [2.24, 2.45) is 5.41 Å². The highest BCUT2D eigenvalue weighted by atomic mass is 16.5. The zero-order valence-electron chi connectivity index (χ0n) is 23.1. The third-order valence-electron chi connectivity index (χ3n) is 9.78. The summed E-state index contributed by atoms with van der Waals surface area (Å²) in [5, 5.41) is 27.6. The monoisotopic (exact) mass is 511 g/mol. The van der Waals surface area contributed by atoms with E-state index >= 15 is 0 Å². The number of nitrogens with one attached hydrogen (secondary N) is 2. The van der Waals surface area contributed by atoms with E-state index in [0.29, 0.717) is 19.4 Å². The Morgan fingerprint density at radius 1 is 1.30 bits per heavy atom. The van der Waals surface area contributed by atoms with Crippen LogP contribution in [-0.4, -0.2) is 85.1 Å². The summed E-state index contributed by atoms with van der Waals surface area (Å²) in [5.41, 5.74) is 7.10. The van der Waals surface area contributed by atoms with Gasteiger partial charge in [-0.15, -0.1) is 6.54 Å². The number of carbonyl (C=O) groups excluding carboxylic acids is 1. The van der Waals surface area contributed by atoms with Gasteiger partial charge in [-0.1, -0.05) is 46.3 Å². The van der Waals surface area contributed by atoms with Gasteiger partial charge in [-0.3, -0.25) is 9.69 Å². The van der Waals surface area contributed by atoms with Crippen LogP contribution in [0.2, 0.25) is 0 Å². The molecule has 1 aromatic carbocycles. The van der Waals surface area contributed by atoms with Gasteiger partial charge in [0.05, 0.1) is 13.2 Å². The SMILES string of the molecule is CC[C@]12C=CCN3CCC4(c5cc(C(C)(C)C)c(OC)cc5N(C)C4[C@@](O)(C(=O)NCCC[NH-])[C@@H]1O)C32. The fourth-order valence-corrected chi connectivity index (χ4v) is 8.30. The van der Waals surface area contributed by atoms with Crippen LogP contribution < -0.4 is 15.0 Å². The number of hydrogen-bond donors (Lipinski definition) is 3. The van der Waals surface area contributed by atoms with Crippen molar-refractivity contribution in [2.75, 3.05) is 45.2 Å². The number of methoxy groups -OCH3 is 1. The fraction of sp³-hybridized carbons (Fsp3) is 0.690. The zero-order chi connectivity index (χ0) is 27.0. The molecule has 8 nitrogen and oxygen atoms in total. The molecule has 0 aromatic heterocycles. The van der Waals surface area contributed by atoms with Gasteiger partial charge in [-0.2, -0.15) is 0 Å². The number of likely N-dealkylation sites (N-methyl/N-ethyl adjacent to an activating group) is 1. The first kappa shape index (κ1) is 26.5.